The Bertz CT molecular complexity index is 304. The Hall–Kier alpha value is -1.91. The van der Waals surface area contributed by atoms with Crippen molar-refractivity contribution >= 4 is 17.7 Å². The van der Waals surface area contributed by atoms with Crippen molar-refractivity contribution in [2.45, 2.75) is 0 Å². The zero-order valence-corrected chi connectivity index (χ0v) is 6.09. The van der Waals surface area contributed by atoms with Crippen LogP contribution in [0.4, 0.5) is 0 Å². The van der Waals surface area contributed by atoms with Gasteiger partial charge in [-0.15, -0.1) is 0 Å². The van der Waals surface area contributed by atoms with E-state index in [9.17, 15) is 14.4 Å². The molecule has 0 atom stereocenters. The van der Waals surface area contributed by atoms with Gasteiger partial charge in [-0.2, -0.15) is 0 Å². The molecule has 0 radical (unpaired) electrons. The predicted octanol–water partition coefficient (Wildman–Crippen LogP) is -1.17. The fraction of sp³-hybridized carbons (Fsp3) is 0. The van der Waals surface area contributed by atoms with E-state index in [1.54, 1.807) is 0 Å². The Labute approximate surface area is 68.1 Å². The first-order chi connectivity index (χ1) is 5.63. The Morgan fingerprint density at radius 1 is 1.58 bits per heavy atom. The smallest absolute Gasteiger partial charge is 0.274 e. The van der Waals surface area contributed by atoms with Gasteiger partial charge < -0.3 is 5.32 Å². The van der Waals surface area contributed by atoms with Crippen molar-refractivity contribution in [1.29, 1.82) is 0 Å². The Morgan fingerprint density at radius 2 is 2.25 bits per heavy atom. The van der Waals surface area contributed by atoms with Gasteiger partial charge >= 0.3 is 0 Å². The van der Waals surface area contributed by atoms with Crippen LogP contribution >= 0.6 is 0 Å². The maximum Gasteiger partial charge on any atom is 0.274 e. The minimum Gasteiger partial charge on any atom is -0.318 e. The fourth-order valence-corrected chi connectivity index (χ4v) is 0.689. The zero-order valence-electron chi connectivity index (χ0n) is 6.09. The largest absolute Gasteiger partial charge is 0.318 e. The second-order valence-corrected chi connectivity index (χ2v) is 2.07. The lowest BCUT2D eigenvalue weighted by Crippen LogP contribution is -2.29. The summed E-state index contributed by atoms with van der Waals surface area (Å²) in [4.78, 5) is 32.0. The molecule has 5 heteroatoms. The van der Waals surface area contributed by atoms with Gasteiger partial charge in [0.15, 0.2) is 0 Å². The van der Waals surface area contributed by atoms with Crippen LogP contribution < -0.4 is 10.6 Å². The summed E-state index contributed by atoms with van der Waals surface area (Å²) in [5.74, 6) is -1.65. The van der Waals surface area contributed by atoms with E-state index in [4.69, 9.17) is 0 Å². The van der Waals surface area contributed by atoms with E-state index < -0.39 is 17.7 Å². The van der Waals surface area contributed by atoms with Gasteiger partial charge in [-0.3, -0.25) is 19.7 Å². The van der Waals surface area contributed by atoms with Crippen LogP contribution in [0, 0.1) is 0 Å². The summed E-state index contributed by atoms with van der Waals surface area (Å²) in [6, 6.07) is 0. The van der Waals surface area contributed by atoms with E-state index in [0.29, 0.717) is 0 Å². The predicted molar refractivity (Wildman–Crippen MR) is 39.6 cm³/mol. The lowest BCUT2D eigenvalue weighted by atomic mass is 10.4. The molecule has 1 rings (SSSR count). The molecule has 0 unspecified atom stereocenters. The molecule has 0 aromatic carbocycles. The standard InChI is InChI=1S/C7H6N2O3/c1-2-5(10)8-4-3-6(11)9-7(4)12/h2-3H,1H2,(H2,8,9,10,11,12). The van der Waals surface area contributed by atoms with Gasteiger partial charge in [0.1, 0.15) is 5.70 Å². The number of imide groups is 1. The molecule has 0 aromatic heterocycles. The van der Waals surface area contributed by atoms with E-state index in [1.807, 2.05) is 5.32 Å². The van der Waals surface area contributed by atoms with Crippen molar-refractivity contribution in [3.8, 4) is 0 Å². The molecule has 1 heterocycles. The molecule has 0 spiro atoms. The minimum absolute atomic E-state index is 0.0510. The molecule has 12 heavy (non-hydrogen) atoms. The summed E-state index contributed by atoms with van der Waals surface area (Å²) < 4.78 is 0. The molecular formula is C7H6N2O3. The molecule has 1 aliphatic heterocycles. The minimum atomic E-state index is -0.602. The number of nitrogens with one attached hydrogen (secondary N) is 2. The second-order valence-electron chi connectivity index (χ2n) is 2.07. The van der Waals surface area contributed by atoms with E-state index in [1.165, 1.54) is 0 Å². The molecule has 5 nitrogen and oxygen atoms in total. The van der Waals surface area contributed by atoms with Gasteiger partial charge in [0.25, 0.3) is 11.8 Å². The summed E-state index contributed by atoms with van der Waals surface area (Å²) in [6.45, 7) is 3.19. The maximum atomic E-state index is 10.8. The lowest BCUT2D eigenvalue weighted by molar-refractivity contribution is -0.125. The van der Waals surface area contributed by atoms with Crippen molar-refractivity contribution in [3.63, 3.8) is 0 Å². The number of hydrogen-bond acceptors (Lipinski definition) is 3. The van der Waals surface area contributed by atoms with E-state index in [0.717, 1.165) is 12.2 Å². The monoisotopic (exact) mass is 166 g/mol. The normalized spacial score (nSPS) is 15.2. The second kappa shape index (κ2) is 3.00. The van der Waals surface area contributed by atoms with Crippen LogP contribution in [0.15, 0.2) is 24.4 Å². The van der Waals surface area contributed by atoms with E-state index >= 15 is 0 Å². The molecule has 1 aliphatic rings. The third-order valence-electron chi connectivity index (χ3n) is 1.20. The average Bonchev–Trinajstić information content (AvgIpc) is 2.30. The molecule has 0 fully saturated rings. The van der Waals surface area contributed by atoms with Gasteiger partial charge in [-0.25, -0.2) is 0 Å². The zero-order chi connectivity index (χ0) is 9.14. The summed E-state index contributed by atoms with van der Waals surface area (Å²) in [7, 11) is 0. The first-order valence-electron chi connectivity index (χ1n) is 3.14. The van der Waals surface area contributed by atoms with Crippen LogP contribution in [0.2, 0.25) is 0 Å². The van der Waals surface area contributed by atoms with Gasteiger partial charge in [0, 0.05) is 6.08 Å². The SMILES string of the molecule is C=CC(=O)NC1=CC(=O)NC1=O. The highest BCUT2D eigenvalue weighted by Crippen LogP contribution is 1.96. The first-order valence-corrected chi connectivity index (χ1v) is 3.14. The highest BCUT2D eigenvalue weighted by Gasteiger charge is 2.21. The third-order valence-corrected chi connectivity index (χ3v) is 1.20. The quantitative estimate of drug-likeness (QED) is 0.401. The number of rotatable bonds is 2. The average molecular weight is 166 g/mol. The highest BCUT2D eigenvalue weighted by molar-refractivity contribution is 6.17. The van der Waals surface area contributed by atoms with Crippen molar-refractivity contribution in [3.05, 3.63) is 24.4 Å². The lowest BCUT2D eigenvalue weighted by Gasteiger charge is -1.97. The first kappa shape index (κ1) is 8.19. The number of hydrogen-bond donors (Lipinski definition) is 2. The summed E-state index contributed by atoms with van der Waals surface area (Å²) >= 11 is 0. The van der Waals surface area contributed by atoms with Gasteiger partial charge in [0.05, 0.1) is 0 Å². The maximum absolute atomic E-state index is 10.8. The molecule has 0 saturated heterocycles. The Kier molecular flexibility index (Phi) is 2.05. The van der Waals surface area contributed by atoms with Crippen LogP contribution in [0.3, 0.4) is 0 Å². The number of carbonyl (C=O) groups excluding carboxylic acids is 3. The molecule has 0 bridgehead atoms. The summed E-state index contributed by atoms with van der Waals surface area (Å²) in [5, 5.41) is 4.16. The van der Waals surface area contributed by atoms with Gasteiger partial charge in [0.2, 0.25) is 5.91 Å². The molecule has 0 aliphatic carbocycles. The fourth-order valence-electron chi connectivity index (χ4n) is 0.689. The van der Waals surface area contributed by atoms with Crippen molar-refractivity contribution < 1.29 is 14.4 Å². The third kappa shape index (κ3) is 1.57. The molecule has 3 amide bonds. The molecular weight excluding hydrogens is 160 g/mol. The molecule has 0 aromatic rings. The highest BCUT2D eigenvalue weighted by atomic mass is 16.2. The molecule has 62 valence electrons. The number of amides is 3. The van der Waals surface area contributed by atoms with Crippen LogP contribution in [-0.4, -0.2) is 17.7 Å². The van der Waals surface area contributed by atoms with Crippen molar-refractivity contribution in [1.82, 2.24) is 10.6 Å². The van der Waals surface area contributed by atoms with Crippen LogP contribution in [0.1, 0.15) is 0 Å². The number of carbonyl (C=O) groups is 3. The van der Waals surface area contributed by atoms with Gasteiger partial charge in [-0.05, 0) is 6.08 Å². The summed E-state index contributed by atoms with van der Waals surface area (Å²) in [6.07, 6.45) is 2.03. The molecule has 2 N–H and O–H groups in total. The van der Waals surface area contributed by atoms with Crippen LogP contribution in [0.5, 0.6) is 0 Å². The van der Waals surface area contributed by atoms with Crippen LogP contribution in [-0.2, 0) is 14.4 Å². The van der Waals surface area contributed by atoms with E-state index in [2.05, 4.69) is 11.9 Å². The van der Waals surface area contributed by atoms with E-state index in [-0.39, 0.29) is 5.70 Å². The Morgan fingerprint density at radius 3 is 2.67 bits per heavy atom. The van der Waals surface area contributed by atoms with Crippen LogP contribution in [0.25, 0.3) is 0 Å². The van der Waals surface area contributed by atoms with Crippen molar-refractivity contribution in [2.24, 2.45) is 0 Å². The molecule has 0 saturated carbocycles. The van der Waals surface area contributed by atoms with Crippen molar-refractivity contribution in [2.75, 3.05) is 0 Å². The Balaban J connectivity index is 2.70. The van der Waals surface area contributed by atoms with Gasteiger partial charge in [-0.1, -0.05) is 6.58 Å². The summed E-state index contributed by atoms with van der Waals surface area (Å²) in [5.41, 5.74) is -0.0510. The topological polar surface area (TPSA) is 75.3 Å².